The zero-order valence-corrected chi connectivity index (χ0v) is 16.7. The standard InChI is InChI=1S/C18H26N2O5S/c1-12-6-8-14(26-12)13(21)7-9-17(24)25-11-16(23)20(5)10-15(22)19-18(2,3)4/h6,8H,7,9-11H2,1-5H3,(H,19,22). The van der Waals surface area contributed by atoms with E-state index in [0.717, 1.165) is 4.88 Å². The number of Topliss-reactive ketones (excluding diaryl/α,β-unsaturated/α-hetero) is 1. The minimum absolute atomic E-state index is 0.0385. The summed E-state index contributed by atoms with van der Waals surface area (Å²) in [6, 6.07) is 3.58. The van der Waals surface area contributed by atoms with Crippen LogP contribution in [-0.4, -0.2) is 54.2 Å². The lowest BCUT2D eigenvalue weighted by Crippen LogP contribution is -2.46. The number of ether oxygens (including phenoxy) is 1. The molecule has 2 amide bonds. The number of nitrogens with one attached hydrogen (secondary N) is 1. The van der Waals surface area contributed by atoms with Crippen molar-refractivity contribution in [1.29, 1.82) is 0 Å². The van der Waals surface area contributed by atoms with Gasteiger partial charge in [-0.15, -0.1) is 11.3 Å². The van der Waals surface area contributed by atoms with Gasteiger partial charge in [-0.05, 0) is 39.8 Å². The Balaban J connectivity index is 2.31. The number of thiophene rings is 1. The second-order valence-electron chi connectivity index (χ2n) is 7.04. The monoisotopic (exact) mass is 382 g/mol. The maximum absolute atomic E-state index is 11.9. The van der Waals surface area contributed by atoms with Crippen LogP contribution in [0.2, 0.25) is 0 Å². The number of nitrogens with zero attached hydrogens (tertiary/aromatic N) is 1. The van der Waals surface area contributed by atoms with Gasteiger partial charge in [-0.2, -0.15) is 0 Å². The Morgan fingerprint density at radius 3 is 2.35 bits per heavy atom. The van der Waals surface area contributed by atoms with Crippen LogP contribution in [0.4, 0.5) is 0 Å². The normalized spacial score (nSPS) is 11.0. The van der Waals surface area contributed by atoms with Gasteiger partial charge in [0.05, 0.1) is 17.8 Å². The molecule has 1 rings (SSSR count). The van der Waals surface area contributed by atoms with E-state index in [4.69, 9.17) is 4.74 Å². The van der Waals surface area contributed by atoms with Crippen molar-refractivity contribution < 1.29 is 23.9 Å². The maximum Gasteiger partial charge on any atom is 0.306 e. The van der Waals surface area contributed by atoms with Crippen LogP contribution < -0.4 is 5.32 Å². The summed E-state index contributed by atoms with van der Waals surface area (Å²) in [5.74, 6) is -1.52. The Labute approximate surface area is 157 Å². The molecule has 144 valence electrons. The lowest BCUT2D eigenvalue weighted by atomic mass is 10.1. The van der Waals surface area contributed by atoms with E-state index >= 15 is 0 Å². The number of aryl methyl sites for hydroxylation is 1. The van der Waals surface area contributed by atoms with Crippen molar-refractivity contribution in [3.05, 3.63) is 21.9 Å². The van der Waals surface area contributed by atoms with Gasteiger partial charge < -0.3 is 15.0 Å². The highest BCUT2D eigenvalue weighted by Crippen LogP contribution is 2.17. The SMILES string of the molecule is Cc1ccc(C(=O)CCC(=O)OCC(=O)N(C)CC(=O)NC(C)(C)C)s1. The summed E-state index contributed by atoms with van der Waals surface area (Å²) in [7, 11) is 1.46. The fourth-order valence-corrected chi connectivity index (χ4v) is 2.84. The first-order valence-corrected chi connectivity index (χ1v) is 9.10. The number of carbonyl (C=O) groups is 4. The van der Waals surface area contributed by atoms with Crippen molar-refractivity contribution in [2.75, 3.05) is 20.2 Å². The lowest BCUT2D eigenvalue weighted by Gasteiger charge is -2.23. The zero-order chi connectivity index (χ0) is 19.9. The van der Waals surface area contributed by atoms with E-state index in [1.54, 1.807) is 6.07 Å². The molecule has 1 N–H and O–H groups in total. The van der Waals surface area contributed by atoms with Crippen LogP contribution in [0.25, 0.3) is 0 Å². The molecule has 1 heterocycles. The van der Waals surface area contributed by atoms with E-state index in [9.17, 15) is 19.2 Å². The zero-order valence-electron chi connectivity index (χ0n) is 15.9. The van der Waals surface area contributed by atoms with E-state index in [0.29, 0.717) is 4.88 Å². The molecular formula is C18H26N2O5S. The Hall–Kier alpha value is -2.22. The third kappa shape index (κ3) is 8.24. The van der Waals surface area contributed by atoms with Gasteiger partial charge >= 0.3 is 5.97 Å². The number of likely N-dealkylation sites (N-methyl/N-ethyl adjacent to an activating group) is 1. The highest BCUT2D eigenvalue weighted by Gasteiger charge is 2.19. The average molecular weight is 382 g/mol. The summed E-state index contributed by atoms with van der Waals surface area (Å²) in [4.78, 5) is 50.1. The van der Waals surface area contributed by atoms with Crippen LogP contribution in [0.3, 0.4) is 0 Å². The summed E-state index contributed by atoms with van der Waals surface area (Å²) in [5.41, 5.74) is -0.388. The molecule has 1 aromatic rings. The molecule has 26 heavy (non-hydrogen) atoms. The molecule has 0 aliphatic carbocycles. The number of hydrogen-bond acceptors (Lipinski definition) is 6. The molecule has 0 saturated heterocycles. The Kier molecular flexibility index (Phi) is 7.95. The molecule has 1 aromatic heterocycles. The molecule has 0 aliphatic heterocycles. The van der Waals surface area contributed by atoms with Gasteiger partial charge in [0.25, 0.3) is 5.91 Å². The Bertz CT molecular complexity index is 675. The highest BCUT2D eigenvalue weighted by molar-refractivity contribution is 7.14. The molecule has 0 aromatic carbocycles. The molecule has 0 radical (unpaired) electrons. The van der Waals surface area contributed by atoms with E-state index in [1.165, 1.54) is 23.3 Å². The average Bonchev–Trinajstić information content (AvgIpc) is 2.94. The van der Waals surface area contributed by atoms with E-state index < -0.39 is 18.5 Å². The lowest BCUT2D eigenvalue weighted by molar-refractivity contribution is -0.152. The number of rotatable bonds is 8. The van der Waals surface area contributed by atoms with Crippen molar-refractivity contribution in [3.8, 4) is 0 Å². The van der Waals surface area contributed by atoms with Crippen LogP contribution in [0, 0.1) is 6.92 Å². The predicted molar refractivity (Wildman–Crippen MR) is 99.1 cm³/mol. The van der Waals surface area contributed by atoms with Gasteiger partial charge in [0.2, 0.25) is 5.91 Å². The van der Waals surface area contributed by atoms with Crippen LogP contribution in [0.15, 0.2) is 12.1 Å². The van der Waals surface area contributed by atoms with Crippen molar-refractivity contribution in [2.45, 2.75) is 46.1 Å². The predicted octanol–water partition coefficient (Wildman–Crippen LogP) is 1.94. The summed E-state index contributed by atoms with van der Waals surface area (Å²) in [6.45, 7) is 6.85. The molecule has 8 heteroatoms. The molecule has 0 bridgehead atoms. The van der Waals surface area contributed by atoms with E-state index in [-0.39, 0.29) is 36.6 Å². The molecule has 0 aliphatic rings. The van der Waals surface area contributed by atoms with Gasteiger partial charge in [0, 0.05) is 23.9 Å². The van der Waals surface area contributed by atoms with E-state index in [1.807, 2.05) is 33.8 Å². The molecule has 0 atom stereocenters. The molecule has 7 nitrogen and oxygen atoms in total. The van der Waals surface area contributed by atoms with Crippen LogP contribution >= 0.6 is 11.3 Å². The number of hydrogen-bond donors (Lipinski definition) is 1. The first-order valence-electron chi connectivity index (χ1n) is 8.28. The number of ketones is 1. The fourth-order valence-electron chi connectivity index (χ4n) is 2.01. The van der Waals surface area contributed by atoms with Crippen molar-refractivity contribution in [3.63, 3.8) is 0 Å². The molecule has 0 spiro atoms. The number of carbonyl (C=O) groups excluding carboxylic acids is 4. The molecular weight excluding hydrogens is 356 g/mol. The molecule has 0 saturated carbocycles. The number of amides is 2. The largest absolute Gasteiger partial charge is 0.456 e. The summed E-state index contributed by atoms with van der Waals surface area (Å²) in [5, 5.41) is 2.74. The van der Waals surface area contributed by atoms with E-state index in [2.05, 4.69) is 5.32 Å². The maximum atomic E-state index is 11.9. The summed E-state index contributed by atoms with van der Waals surface area (Å²) >= 11 is 1.38. The first kappa shape index (κ1) is 21.8. The topological polar surface area (TPSA) is 92.8 Å². The minimum Gasteiger partial charge on any atom is -0.456 e. The van der Waals surface area contributed by atoms with Crippen LogP contribution in [-0.2, 0) is 19.1 Å². The first-order chi connectivity index (χ1) is 12.0. The third-order valence-corrected chi connectivity index (χ3v) is 4.29. The second-order valence-corrected chi connectivity index (χ2v) is 8.33. The van der Waals surface area contributed by atoms with Crippen molar-refractivity contribution in [1.82, 2.24) is 10.2 Å². The van der Waals surface area contributed by atoms with Gasteiger partial charge in [-0.1, -0.05) is 0 Å². The van der Waals surface area contributed by atoms with Gasteiger partial charge in [0.1, 0.15) is 0 Å². The van der Waals surface area contributed by atoms with Gasteiger partial charge in [0.15, 0.2) is 12.4 Å². The second kappa shape index (κ2) is 9.47. The van der Waals surface area contributed by atoms with Crippen molar-refractivity contribution >= 4 is 34.9 Å². The Morgan fingerprint density at radius 2 is 1.81 bits per heavy atom. The smallest absolute Gasteiger partial charge is 0.306 e. The molecule has 0 unspecified atom stereocenters. The Morgan fingerprint density at radius 1 is 1.15 bits per heavy atom. The van der Waals surface area contributed by atoms with Crippen LogP contribution in [0.5, 0.6) is 0 Å². The van der Waals surface area contributed by atoms with Gasteiger partial charge in [-0.25, -0.2) is 0 Å². The summed E-state index contributed by atoms with van der Waals surface area (Å²) < 4.78 is 4.89. The quantitative estimate of drug-likeness (QED) is 0.548. The van der Waals surface area contributed by atoms with Gasteiger partial charge in [-0.3, -0.25) is 19.2 Å². The van der Waals surface area contributed by atoms with Crippen LogP contribution in [0.1, 0.15) is 48.2 Å². The van der Waals surface area contributed by atoms with Crippen molar-refractivity contribution in [2.24, 2.45) is 0 Å². The molecule has 0 fully saturated rings. The number of esters is 1. The fraction of sp³-hybridized carbons (Fsp3) is 0.556. The third-order valence-electron chi connectivity index (χ3n) is 3.25. The minimum atomic E-state index is -0.618. The highest BCUT2D eigenvalue weighted by atomic mass is 32.1. The summed E-state index contributed by atoms with van der Waals surface area (Å²) in [6.07, 6.45) is -0.0475.